The number of hydrogen-bond donors (Lipinski definition) is 0. The molecule has 0 bridgehead atoms. The Labute approximate surface area is 120 Å². The summed E-state index contributed by atoms with van der Waals surface area (Å²) in [6.45, 7) is 5.52. The molecule has 0 radical (unpaired) electrons. The highest BCUT2D eigenvalue weighted by Gasteiger charge is 2.09. The summed E-state index contributed by atoms with van der Waals surface area (Å²) in [5.41, 5.74) is 1.03. The summed E-state index contributed by atoms with van der Waals surface area (Å²) in [6.07, 6.45) is 3.60. The van der Waals surface area contributed by atoms with Crippen LogP contribution in [0.5, 0.6) is 5.75 Å². The van der Waals surface area contributed by atoms with Crippen LogP contribution in [0.2, 0.25) is 0 Å². The first-order valence-corrected chi connectivity index (χ1v) is 7.19. The molecule has 0 fully saturated rings. The van der Waals surface area contributed by atoms with E-state index in [1.54, 1.807) is 10.6 Å². The van der Waals surface area contributed by atoms with Gasteiger partial charge in [-0.3, -0.25) is 14.4 Å². The van der Waals surface area contributed by atoms with Crippen LogP contribution in [0, 0.1) is 0 Å². The molecule has 0 saturated carbocycles. The summed E-state index contributed by atoms with van der Waals surface area (Å²) in [5.74, 6) is 0.794. The lowest BCUT2D eigenvalue weighted by atomic mass is 10.2. The highest BCUT2D eigenvalue weighted by Crippen LogP contribution is 2.12. The van der Waals surface area contributed by atoms with Crippen molar-refractivity contribution in [2.24, 2.45) is 4.99 Å². The lowest BCUT2D eigenvalue weighted by Crippen LogP contribution is -2.29. The third-order valence-corrected chi connectivity index (χ3v) is 4.05. The maximum absolute atomic E-state index is 12.1. The van der Waals surface area contributed by atoms with Crippen LogP contribution in [0.15, 0.2) is 46.7 Å². The zero-order valence-corrected chi connectivity index (χ0v) is 11.7. The first-order chi connectivity index (χ1) is 9.78. The fourth-order valence-electron chi connectivity index (χ4n) is 2.04. The standard InChI is InChI=1S/C15H14N2O2S/c1-2-9-19-12-5-3-11(4-6-12)10-13-14(18)17-8-7-16-15(17)20-13/h2-6,10H,1,7-9H2. The fourth-order valence-corrected chi connectivity index (χ4v) is 3.06. The van der Waals surface area contributed by atoms with Crippen molar-refractivity contribution < 1.29 is 4.74 Å². The minimum absolute atomic E-state index is 0.0539. The number of aromatic nitrogens is 1. The Morgan fingerprint density at radius 1 is 1.40 bits per heavy atom. The van der Waals surface area contributed by atoms with Crippen LogP contribution in [0.3, 0.4) is 0 Å². The van der Waals surface area contributed by atoms with E-state index in [1.807, 2.05) is 30.3 Å². The summed E-state index contributed by atoms with van der Waals surface area (Å²) in [6, 6.07) is 7.65. The van der Waals surface area contributed by atoms with Crippen LogP contribution in [0.25, 0.3) is 6.08 Å². The number of ether oxygens (including phenoxy) is 1. The van der Waals surface area contributed by atoms with Gasteiger partial charge < -0.3 is 4.74 Å². The number of thiazole rings is 1. The average Bonchev–Trinajstić information content (AvgIpc) is 3.03. The van der Waals surface area contributed by atoms with Gasteiger partial charge in [0.25, 0.3) is 5.56 Å². The maximum Gasteiger partial charge on any atom is 0.270 e. The van der Waals surface area contributed by atoms with Crippen molar-refractivity contribution in [1.29, 1.82) is 0 Å². The van der Waals surface area contributed by atoms with E-state index in [1.165, 1.54) is 11.3 Å². The molecule has 1 aliphatic rings. The van der Waals surface area contributed by atoms with E-state index in [0.717, 1.165) is 27.2 Å². The molecule has 0 unspecified atom stereocenters. The largest absolute Gasteiger partial charge is 0.490 e. The van der Waals surface area contributed by atoms with Crippen LogP contribution in [-0.4, -0.2) is 17.7 Å². The molecule has 0 aliphatic carbocycles. The number of fused-ring (bicyclic) bond motifs is 1. The van der Waals surface area contributed by atoms with Gasteiger partial charge in [0.2, 0.25) is 0 Å². The number of benzene rings is 1. The molecule has 0 spiro atoms. The van der Waals surface area contributed by atoms with Gasteiger partial charge in [0.1, 0.15) is 12.4 Å². The third kappa shape index (κ3) is 2.44. The van der Waals surface area contributed by atoms with Crippen LogP contribution in [0.4, 0.5) is 0 Å². The average molecular weight is 286 g/mol. The molecule has 0 amide bonds. The van der Waals surface area contributed by atoms with Gasteiger partial charge in [-0.05, 0) is 23.8 Å². The molecule has 5 heteroatoms. The van der Waals surface area contributed by atoms with Crippen molar-refractivity contribution >= 4 is 17.4 Å². The molecule has 2 aromatic rings. The van der Waals surface area contributed by atoms with E-state index in [0.29, 0.717) is 13.2 Å². The Morgan fingerprint density at radius 3 is 2.90 bits per heavy atom. The zero-order valence-electron chi connectivity index (χ0n) is 10.9. The second-order valence-corrected chi connectivity index (χ2v) is 5.41. The van der Waals surface area contributed by atoms with E-state index < -0.39 is 0 Å². The van der Waals surface area contributed by atoms with Gasteiger partial charge in [0, 0.05) is 6.54 Å². The van der Waals surface area contributed by atoms with E-state index in [2.05, 4.69) is 11.6 Å². The number of nitrogens with zero attached hydrogens (tertiary/aromatic N) is 2. The van der Waals surface area contributed by atoms with Crippen molar-refractivity contribution in [2.45, 2.75) is 6.54 Å². The molecule has 3 rings (SSSR count). The van der Waals surface area contributed by atoms with Crippen molar-refractivity contribution in [3.63, 3.8) is 0 Å². The molecule has 0 saturated heterocycles. The lowest BCUT2D eigenvalue weighted by molar-refractivity contribution is 0.363. The molecular formula is C15H14N2O2S. The van der Waals surface area contributed by atoms with E-state index in [9.17, 15) is 4.79 Å². The van der Waals surface area contributed by atoms with Crippen molar-refractivity contribution in [2.75, 3.05) is 13.2 Å². The van der Waals surface area contributed by atoms with Crippen molar-refractivity contribution in [3.05, 3.63) is 62.2 Å². The van der Waals surface area contributed by atoms with E-state index >= 15 is 0 Å². The molecule has 2 heterocycles. The third-order valence-electron chi connectivity index (χ3n) is 3.00. The second kappa shape index (κ2) is 5.46. The van der Waals surface area contributed by atoms with Crippen LogP contribution < -0.4 is 19.6 Å². The molecule has 0 atom stereocenters. The Morgan fingerprint density at radius 2 is 2.20 bits per heavy atom. The molecule has 1 aromatic heterocycles. The Bertz CT molecular complexity index is 800. The number of hydrogen-bond acceptors (Lipinski definition) is 4. The summed E-state index contributed by atoms with van der Waals surface area (Å²) in [7, 11) is 0. The molecule has 0 N–H and O–H groups in total. The first kappa shape index (κ1) is 12.9. The zero-order chi connectivity index (χ0) is 13.9. The van der Waals surface area contributed by atoms with E-state index in [4.69, 9.17) is 4.74 Å². The Hall–Kier alpha value is -2.14. The maximum atomic E-state index is 12.1. The second-order valence-electron chi connectivity index (χ2n) is 4.40. The highest BCUT2D eigenvalue weighted by molar-refractivity contribution is 7.07. The molecule has 1 aromatic carbocycles. The van der Waals surface area contributed by atoms with Gasteiger partial charge in [0.05, 0.1) is 11.1 Å². The first-order valence-electron chi connectivity index (χ1n) is 6.37. The van der Waals surface area contributed by atoms with Gasteiger partial charge in [-0.25, -0.2) is 0 Å². The van der Waals surface area contributed by atoms with Crippen LogP contribution in [0.1, 0.15) is 5.56 Å². The predicted molar refractivity (Wildman–Crippen MR) is 79.9 cm³/mol. The van der Waals surface area contributed by atoms with Gasteiger partial charge in [-0.15, -0.1) is 0 Å². The van der Waals surface area contributed by atoms with Crippen molar-refractivity contribution in [3.8, 4) is 5.75 Å². The Kier molecular flexibility index (Phi) is 3.52. The quantitative estimate of drug-likeness (QED) is 0.785. The molecule has 4 nitrogen and oxygen atoms in total. The summed E-state index contributed by atoms with van der Waals surface area (Å²) >= 11 is 1.45. The van der Waals surface area contributed by atoms with Gasteiger partial charge in [-0.1, -0.05) is 36.1 Å². The van der Waals surface area contributed by atoms with Crippen LogP contribution >= 0.6 is 11.3 Å². The van der Waals surface area contributed by atoms with Crippen LogP contribution in [-0.2, 0) is 6.54 Å². The molecule has 1 aliphatic heterocycles. The van der Waals surface area contributed by atoms with Gasteiger partial charge in [-0.2, -0.15) is 0 Å². The summed E-state index contributed by atoms with van der Waals surface area (Å²) < 4.78 is 7.88. The molecular weight excluding hydrogens is 272 g/mol. The normalized spacial score (nSPS) is 13.9. The topological polar surface area (TPSA) is 43.6 Å². The lowest BCUT2D eigenvalue weighted by Gasteiger charge is -2.02. The van der Waals surface area contributed by atoms with Gasteiger partial charge >= 0.3 is 0 Å². The van der Waals surface area contributed by atoms with Crippen molar-refractivity contribution in [1.82, 2.24) is 4.57 Å². The highest BCUT2D eigenvalue weighted by atomic mass is 32.1. The summed E-state index contributed by atoms with van der Waals surface area (Å²) in [4.78, 5) is 17.2. The number of rotatable bonds is 4. The SMILES string of the molecule is C=CCOc1ccc(C=c2sc3n(c2=O)CCN=3)cc1. The molecule has 20 heavy (non-hydrogen) atoms. The summed E-state index contributed by atoms with van der Waals surface area (Å²) in [5, 5.41) is 0. The fraction of sp³-hybridized carbons (Fsp3) is 0.200. The van der Waals surface area contributed by atoms with Gasteiger partial charge in [0.15, 0.2) is 4.80 Å². The predicted octanol–water partition coefficient (Wildman–Crippen LogP) is 0.937. The van der Waals surface area contributed by atoms with E-state index in [-0.39, 0.29) is 5.56 Å². The minimum Gasteiger partial charge on any atom is -0.490 e. The molecule has 102 valence electrons. The monoisotopic (exact) mass is 286 g/mol. The Balaban J connectivity index is 1.92. The smallest absolute Gasteiger partial charge is 0.270 e. The minimum atomic E-state index is 0.0539.